The third-order valence-corrected chi connectivity index (χ3v) is 5.58. The molecule has 3 heterocycles. The number of aliphatic hydroxyl groups is 1. The van der Waals surface area contributed by atoms with Crippen molar-refractivity contribution in [1.82, 2.24) is 15.3 Å². The molecule has 6 nitrogen and oxygen atoms in total. The number of pyridine rings is 2. The molecule has 0 saturated carbocycles. The molecule has 0 aliphatic carbocycles. The Morgan fingerprint density at radius 3 is 2.86 bits per heavy atom. The zero-order valence-corrected chi connectivity index (χ0v) is 16.6. The van der Waals surface area contributed by atoms with Crippen LogP contribution in [0.3, 0.4) is 0 Å². The van der Waals surface area contributed by atoms with Crippen LogP contribution in [0.4, 0.5) is 5.69 Å². The minimum absolute atomic E-state index is 0.138. The summed E-state index contributed by atoms with van der Waals surface area (Å²) in [4.78, 5) is 23.6. The maximum absolute atomic E-state index is 12.7. The predicted octanol–water partition coefficient (Wildman–Crippen LogP) is 3.22. The van der Waals surface area contributed by atoms with E-state index in [-0.39, 0.29) is 18.6 Å². The van der Waals surface area contributed by atoms with Crippen LogP contribution in [-0.2, 0) is 6.54 Å². The average molecular weight is 390 g/mol. The van der Waals surface area contributed by atoms with Gasteiger partial charge in [0, 0.05) is 30.4 Å². The van der Waals surface area contributed by atoms with E-state index in [0.717, 1.165) is 36.0 Å². The lowest BCUT2D eigenvalue weighted by atomic mass is 10.0. The summed E-state index contributed by atoms with van der Waals surface area (Å²) in [6.45, 7) is 3.44. The van der Waals surface area contributed by atoms with Gasteiger partial charge in [-0.1, -0.05) is 12.1 Å². The van der Waals surface area contributed by atoms with Gasteiger partial charge in [-0.3, -0.25) is 4.79 Å². The fourth-order valence-electron chi connectivity index (χ4n) is 3.94. The molecule has 3 aromatic rings. The second-order valence-electron chi connectivity index (χ2n) is 7.55. The number of hydrogen-bond donors (Lipinski definition) is 2. The molecule has 4 rings (SSSR count). The summed E-state index contributed by atoms with van der Waals surface area (Å²) < 4.78 is 0. The number of aromatic nitrogens is 2. The Morgan fingerprint density at radius 1 is 1.24 bits per heavy atom. The normalized spacial score (nSPS) is 16.8. The van der Waals surface area contributed by atoms with E-state index in [1.165, 1.54) is 6.42 Å². The largest absolute Gasteiger partial charge is 0.394 e. The molecule has 1 atom stereocenters. The first-order chi connectivity index (χ1) is 14.2. The SMILES string of the molecule is Cc1nc2ncccc2cc1C(=O)NCc1ccc(N2CCCCC2CO)cc1. The predicted molar refractivity (Wildman–Crippen MR) is 114 cm³/mol. The third kappa shape index (κ3) is 4.22. The molecule has 1 aliphatic heterocycles. The minimum atomic E-state index is -0.138. The van der Waals surface area contributed by atoms with Crippen molar-refractivity contribution in [1.29, 1.82) is 0 Å². The van der Waals surface area contributed by atoms with E-state index >= 15 is 0 Å². The zero-order valence-electron chi connectivity index (χ0n) is 16.6. The molecule has 0 spiro atoms. The smallest absolute Gasteiger partial charge is 0.253 e. The molecule has 1 aromatic carbocycles. The number of hydrogen-bond acceptors (Lipinski definition) is 5. The first-order valence-electron chi connectivity index (χ1n) is 10.1. The van der Waals surface area contributed by atoms with E-state index in [9.17, 15) is 9.90 Å². The van der Waals surface area contributed by atoms with Gasteiger partial charge in [-0.25, -0.2) is 9.97 Å². The third-order valence-electron chi connectivity index (χ3n) is 5.58. The topological polar surface area (TPSA) is 78.4 Å². The number of carbonyl (C=O) groups excluding carboxylic acids is 1. The van der Waals surface area contributed by atoms with Gasteiger partial charge in [0.25, 0.3) is 5.91 Å². The summed E-state index contributed by atoms with van der Waals surface area (Å²) >= 11 is 0. The Labute approximate surface area is 170 Å². The lowest BCUT2D eigenvalue weighted by Gasteiger charge is -2.36. The van der Waals surface area contributed by atoms with E-state index in [1.807, 2.05) is 37.3 Å². The zero-order chi connectivity index (χ0) is 20.2. The van der Waals surface area contributed by atoms with Crippen LogP contribution in [0.15, 0.2) is 48.7 Å². The van der Waals surface area contributed by atoms with Crippen molar-refractivity contribution in [2.24, 2.45) is 0 Å². The van der Waals surface area contributed by atoms with Gasteiger partial charge in [0.1, 0.15) is 0 Å². The number of aliphatic hydroxyl groups excluding tert-OH is 1. The number of carbonyl (C=O) groups is 1. The van der Waals surface area contributed by atoms with Gasteiger partial charge in [-0.2, -0.15) is 0 Å². The summed E-state index contributed by atoms with van der Waals surface area (Å²) in [7, 11) is 0. The first-order valence-corrected chi connectivity index (χ1v) is 10.1. The Morgan fingerprint density at radius 2 is 2.07 bits per heavy atom. The van der Waals surface area contributed by atoms with Crippen molar-refractivity contribution in [2.45, 2.75) is 38.8 Å². The molecule has 1 aliphatic rings. The van der Waals surface area contributed by atoms with Crippen LogP contribution in [0.2, 0.25) is 0 Å². The molecule has 6 heteroatoms. The fourth-order valence-corrected chi connectivity index (χ4v) is 3.94. The molecule has 2 N–H and O–H groups in total. The van der Waals surface area contributed by atoms with E-state index in [1.54, 1.807) is 6.20 Å². The van der Waals surface area contributed by atoms with E-state index < -0.39 is 0 Å². The Balaban J connectivity index is 1.42. The Kier molecular flexibility index (Phi) is 5.71. The second-order valence-corrected chi connectivity index (χ2v) is 7.55. The molecule has 29 heavy (non-hydrogen) atoms. The van der Waals surface area contributed by atoms with E-state index in [2.05, 4.69) is 32.3 Å². The van der Waals surface area contributed by atoms with Crippen molar-refractivity contribution >= 4 is 22.6 Å². The van der Waals surface area contributed by atoms with E-state index in [4.69, 9.17) is 0 Å². The number of nitrogens with zero attached hydrogens (tertiary/aromatic N) is 3. The van der Waals surface area contributed by atoms with Crippen LogP contribution in [0.1, 0.15) is 40.9 Å². The van der Waals surface area contributed by atoms with Crippen LogP contribution < -0.4 is 10.2 Å². The van der Waals surface area contributed by atoms with Gasteiger partial charge in [0.15, 0.2) is 5.65 Å². The lowest BCUT2D eigenvalue weighted by Crippen LogP contribution is -2.41. The van der Waals surface area contributed by atoms with Crippen LogP contribution in [0, 0.1) is 6.92 Å². The van der Waals surface area contributed by atoms with Crippen LogP contribution >= 0.6 is 0 Å². The van der Waals surface area contributed by atoms with Crippen LogP contribution in [-0.4, -0.2) is 40.2 Å². The number of nitrogens with one attached hydrogen (secondary N) is 1. The Hall–Kier alpha value is -2.99. The highest BCUT2D eigenvalue weighted by Crippen LogP contribution is 2.25. The first kappa shape index (κ1) is 19.3. The summed E-state index contributed by atoms with van der Waals surface area (Å²) in [6, 6.07) is 14.0. The fraction of sp³-hybridized carbons (Fsp3) is 0.348. The number of benzene rings is 1. The summed E-state index contributed by atoms with van der Waals surface area (Å²) in [5.41, 5.74) is 4.05. The van der Waals surface area contributed by atoms with Crippen molar-refractivity contribution in [3.8, 4) is 0 Å². The lowest BCUT2D eigenvalue weighted by molar-refractivity contribution is 0.0950. The second kappa shape index (κ2) is 8.57. The van der Waals surface area contributed by atoms with Crippen LogP contribution in [0.25, 0.3) is 11.0 Å². The van der Waals surface area contributed by atoms with Crippen LogP contribution in [0.5, 0.6) is 0 Å². The number of amides is 1. The molecule has 0 bridgehead atoms. The van der Waals surface area contributed by atoms with Crippen molar-refractivity contribution in [3.63, 3.8) is 0 Å². The number of anilines is 1. The van der Waals surface area contributed by atoms with Gasteiger partial charge < -0.3 is 15.3 Å². The molecular formula is C23H26N4O2. The maximum atomic E-state index is 12.7. The summed E-state index contributed by atoms with van der Waals surface area (Å²) in [5, 5.41) is 13.5. The van der Waals surface area contributed by atoms with Crippen molar-refractivity contribution in [3.05, 3.63) is 65.5 Å². The quantitative estimate of drug-likeness (QED) is 0.699. The maximum Gasteiger partial charge on any atom is 0.253 e. The average Bonchev–Trinajstić information content (AvgIpc) is 2.77. The highest BCUT2D eigenvalue weighted by Gasteiger charge is 2.21. The Bertz CT molecular complexity index is 1000. The highest BCUT2D eigenvalue weighted by atomic mass is 16.3. The molecule has 150 valence electrons. The molecule has 1 amide bonds. The number of fused-ring (bicyclic) bond motifs is 1. The highest BCUT2D eigenvalue weighted by molar-refractivity contribution is 5.98. The molecule has 1 unspecified atom stereocenters. The molecule has 1 saturated heterocycles. The van der Waals surface area contributed by atoms with Crippen molar-refractivity contribution < 1.29 is 9.90 Å². The molecular weight excluding hydrogens is 364 g/mol. The molecule has 0 radical (unpaired) electrons. The van der Waals surface area contributed by atoms with E-state index in [0.29, 0.717) is 23.4 Å². The number of rotatable bonds is 5. The van der Waals surface area contributed by atoms with Gasteiger partial charge in [0.2, 0.25) is 0 Å². The summed E-state index contributed by atoms with van der Waals surface area (Å²) in [6.07, 6.45) is 5.06. The van der Waals surface area contributed by atoms with Gasteiger partial charge >= 0.3 is 0 Å². The number of aryl methyl sites for hydroxylation is 1. The number of piperidine rings is 1. The van der Waals surface area contributed by atoms with Gasteiger partial charge in [0.05, 0.1) is 23.9 Å². The monoisotopic (exact) mass is 390 g/mol. The van der Waals surface area contributed by atoms with Gasteiger partial charge in [-0.15, -0.1) is 0 Å². The van der Waals surface area contributed by atoms with Gasteiger partial charge in [-0.05, 0) is 62.1 Å². The summed E-state index contributed by atoms with van der Waals surface area (Å²) in [5.74, 6) is -0.138. The van der Waals surface area contributed by atoms with Crippen molar-refractivity contribution in [2.75, 3.05) is 18.1 Å². The standard InChI is InChI=1S/C23H26N4O2/c1-16-21(13-18-5-4-11-24-22(18)26-16)23(29)25-14-17-7-9-19(10-8-17)27-12-3-2-6-20(27)15-28/h4-5,7-11,13,20,28H,2-3,6,12,14-15H2,1H3,(H,25,29). The molecule has 1 fully saturated rings. The minimum Gasteiger partial charge on any atom is -0.394 e. The molecule has 2 aromatic heterocycles.